The van der Waals surface area contributed by atoms with Gasteiger partial charge in [0.2, 0.25) is 5.91 Å². The van der Waals surface area contributed by atoms with Gasteiger partial charge in [0.15, 0.2) is 0 Å². The molecule has 26 heavy (non-hydrogen) atoms. The quantitative estimate of drug-likeness (QED) is 0.777. The smallest absolute Gasteiger partial charge is 0.286 e. The maximum absolute atomic E-state index is 11.6. The second-order valence-corrected chi connectivity index (χ2v) is 7.26. The number of imide groups is 1. The molecule has 1 aliphatic heterocycles. The van der Waals surface area contributed by atoms with Crippen molar-refractivity contribution in [2.75, 3.05) is 6.61 Å². The fourth-order valence-corrected chi connectivity index (χ4v) is 3.43. The molecule has 2 aromatic rings. The van der Waals surface area contributed by atoms with E-state index in [1.54, 1.807) is 13.1 Å². The maximum atomic E-state index is 11.6. The van der Waals surface area contributed by atoms with Gasteiger partial charge in [0, 0.05) is 18.3 Å². The van der Waals surface area contributed by atoms with Gasteiger partial charge < -0.3 is 9.84 Å². The van der Waals surface area contributed by atoms with Gasteiger partial charge in [-0.3, -0.25) is 19.9 Å². The summed E-state index contributed by atoms with van der Waals surface area (Å²) in [5, 5.41) is 11.1. The topological polar surface area (TPSA) is 88.5 Å². The van der Waals surface area contributed by atoms with Crippen molar-refractivity contribution in [3.63, 3.8) is 0 Å². The third-order valence-electron chi connectivity index (χ3n) is 4.07. The average Bonchev–Trinajstić information content (AvgIpc) is 2.94. The zero-order valence-corrected chi connectivity index (χ0v) is 15.2. The van der Waals surface area contributed by atoms with Gasteiger partial charge >= 0.3 is 0 Å². The SMILES string of the molecule is C[C@@H](O)c1ccc(CCOc2ccc(C[C@@H]3SC(=O)NC3=O)cc2)nc1. The Morgan fingerprint density at radius 2 is 2.00 bits per heavy atom. The Kier molecular flexibility index (Phi) is 5.90. The Labute approximate surface area is 156 Å². The number of carbonyl (C=O) groups is 2. The van der Waals surface area contributed by atoms with Crippen LogP contribution >= 0.6 is 11.8 Å². The fraction of sp³-hybridized carbons (Fsp3) is 0.316. The Bertz CT molecular complexity index is 775. The molecule has 1 fully saturated rings. The monoisotopic (exact) mass is 372 g/mol. The average molecular weight is 372 g/mol. The molecule has 2 N–H and O–H groups in total. The van der Waals surface area contributed by atoms with Crippen molar-refractivity contribution >= 4 is 22.9 Å². The van der Waals surface area contributed by atoms with Gasteiger partial charge in [-0.05, 0) is 42.7 Å². The first kappa shape index (κ1) is 18.4. The number of carbonyl (C=O) groups excluding carboxylic acids is 2. The van der Waals surface area contributed by atoms with Crippen LogP contribution in [0.4, 0.5) is 4.79 Å². The van der Waals surface area contributed by atoms with Gasteiger partial charge in [-0.25, -0.2) is 0 Å². The molecule has 136 valence electrons. The molecule has 0 spiro atoms. The van der Waals surface area contributed by atoms with Crippen LogP contribution in [0.15, 0.2) is 42.6 Å². The van der Waals surface area contributed by atoms with Crippen LogP contribution in [0, 0.1) is 0 Å². The molecule has 6 nitrogen and oxygen atoms in total. The lowest BCUT2D eigenvalue weighted by atomic mass is 10.1. The summed E-state index contributed by atoms with van der Waals surface area (Å²) in [5.41, 5.74) is 2.68. The molecule has 7 heteroatoms. The number of nitrogens with one attached hydrogen (secondary N) is 1. The van der Waals surface area contributed by atoms with Crippen LogP contribution in [0.5, 0.6) is 5.75 Å². The molecular formula is C19H20N2O4S. The highest BCUT2D eigenvalue weighted by Crippen LogP contribution is 2.24. The van der Waals surface area contributed by atoms with E-state index in [0.29, 0.717) is 19.4 Å². The normalized spacial score (nSPS) is 17.8. The van der Waals surface area contributed by atoms with Gasteiger partial charge in [-0.2, -0.15) is 0 Å². The lowest BCUT2D eigenvalue weighted by Crippen LogP contribution is -2.25. The predicted octanol–water partition coefficient (Wildman–Crippen LogP) is 2.65. The highest BCUT2D eigenvalue weighted by Gasteiger charge is 2.31. The number of aliphatic hydroxyl groups excluding tert-OH is 1. The molecular weight excluding hydrogens is 352 g/mol. The number of aliphatic hydroxyl groups is 1. The zero-order valence-electron chi connectivity index (χ0n) is 14.3. The predicted molar refractivity (Wildman–Crippen MR) is 99.1 cm³/mol. The summed E-state index contributed by atoms with van der Waals surface area (Å²) in [7, 11) is 0. The van der Waals surface area contributed by atoms with Gasteiger partial charge in [-0.1, -0.05) is 30.0 Å². The molecule has 0 saturated carbocycles. The first-order chi connectivity index (χ1) is 12.5. The minimum absolute atomic E-state index is 0.227. The van der Waals surface area contributed by atoms with E-state index in [2.05, 4.69) is 10.3 Å². The summed E-state index contributed by atoms with van der Waals surface area (Å²) in [4.78, 5) is 27.1. The minimum Gasteiger partial charge on any atom is -0.493 e. The molecule has 3 rings (SSSR count). The lowest BCUT2D eigenvalue weighted by Gasteiger charge is -2.09. The van der Waals surface area contributed by atoms with Crippen molar-refractivity contribution in [2.24, 2.45) is 0 Å². The van der Waals surface area contributed by atoms with Crippen molar-refractivity contribution in [1.29, 1.82) is 0 Å². The first-order valence-corrected chi connectivity index (χ1v) is 9.25. The molecule has 0 radical (unpaired) electrons. The summed E-state index contributed by atoms with van der Waals surface area (Å²) in [6, 6.07) is 11.3. The Morgan fingerprint density at radius 3 is 2.58 bits per heavy atom. The van der Waals surface area contributed by atoms with Gasteiger partial charge in [0.05, 0.1) is 18.0 Å². The van der Waals surface area contributed by atoms with Crippen molar-refractivity contribution < 1.29 is 19.4 Å². The minimum atomic E-state index is -0.516. The van der Waals surface area contributed by atoms with E-state index in [0.717, 1.165) is 34.3 Å². The Morgan fingerprint density at radius 1 is 1.23 bits per heavy atom. The van der Waals surface area contributed by atoms with Gasteiger partial charge in [-0.15, -0.1) is 0 Å². The summed E-state index contributed by atoms with van der Waals surface area (Å²) in [6.45, 7) is 2.20. The molecule has 1 aromatic heterocycles. The van der Waals surface area contributed by atoms with E-state index in [9.17, 15) is 14.7 Å². The van der Waals surface area contributed by atoms with Crippen molar-refractivity contribution in [2.45, 2.75) is 31.1 Å². The molecule has 0 aliphatic carbocycles. The van der Waals surface area contributed by atoms with Crippen LogP contribution in [-0.4, -0.2) is 33.1 Å². The number of ether oxygens (including phenoxy) is 1. The molecule has 1 aromatic carbocycles. The lowest BCUT2D eigenvalue weighted by molar-refractivity contribution is -0.118. The highest BCUT2D eigenvalue weighted by molar-refractivity contribution is 8.15. The summed E-state index contributed by atoms with van der Waals surface area (Å²) < 4.78 is 5.72. The van der Waals surface area contributed by atoms with E-state index >= 15 is 0 Å². The van der Waals surface area contributed by atoms with E-state index in [4.69, 9.17) is 4.74 Å². The molecule has 1 saturated heterocycles. The number of pyridine rings is 1. The molecule has 2 heterocycles. The van der Waals surface area contributed by atoms with Crippen molar-refractivity contribution in [1.82, 2.24) is 10.3 Å². The Hall–Kier alpha value is -2.38. The van der Waals surface area contributed by atoms with Crippen LogP contribution < -0.4 is 10.1 Å². The number of aromatic nitrogens is 1. The van der Waals surface area contributed by atoms with Crippen LogP contribution in [-0.2, 0) is 17.6 Å². The number of hydrogen-bond acceptors (Lipinski definition) is 6. The standard InChI is InChI=1S/C19H20N2O4S/c1-12(22)14-4-5-15(20-11-14)8-9-25-16-6-2-13(3-7-16)10-17-18(23)21-19(24)26-17/h2-7,11-12,17,22H,8-10H2,1H3,(H,21,23,24)/t12-,17+/m1/s1. The third kappa shape index (κ3) is 4.83. The molecule has 2 atom stereocenters. The highest BCUT2D eigenvalue weighted by atomic mass is 32.2. The first-order valence-electron chi connectivity index (χ1n) is 8.37. The van der Waals surface area contributed by atoms with Crippen LogP contribution in [0.2, 0.25) is 0 Å². The molecule has 0 unspecified atom stereocenters. The molecule has 1 aliphatic rings. The summed E-state index contributed by atoms with van der Waals surface area (Å²) in [5.74, 6) is 0.517. The van der Waals surface area contributed by atoms with Gasteiger partial charge in [0.25, 0.3) is 5.24 Å². The fourth-order valence-electron chi connectivity index (χ4n) is 2.57. The number of benzene rings is 1. The maximum Gasteiger partial charge on any atom is 0.286 e. The largest absolute Gasteiger partial charge is 0.493 e. The second-order valence-electron chi connectivity index (χ2n) is 6.09. The Balaban J connectivity index is 1.47. The zero-order chi connectivity index (χ0) is 18.5. The number of hydrogen-bond donors (Lipinski definition) is 2. The van der Waals surface area contributed by atoms with Crippen molar-refractivity contribution in [3.8, 4) is 5.75 Å². The molecule has 2 amide bonds. The van der Waals surface area contributed by atoms with Crippen molar-refractivity contribution in [3.05, 3.63) is 59.4 Å². The number of thioether (sulfide) groups is 1. The number of amides is 2. The van der Waals surface area contributed by atoms with Crippen LogP contribution in [0.25, 0.3) is 0 Å². The van der Waals surface area contributed by atoms with Crippen LogP contribution in [0.1, 0.15) is 29.8 Å². The number of nitrogens with zero attached hydrogens (tertiary/aromatic N) is 1. The molecule has 0 bridgehead atoms. The third-order valence-corrected chi connectivity index (χ3v) is 5.05. The van der Waals surface area contributed by atoms with E-state index in [-0.39, 0.29) is 16.4 Å². The summed E-state index contributed by atoms with van der Waals surface area (Å²) in [6.07, 6.45) is 2.35. The van der Waals surface area contributed by atoms with E-state index in [1.165, 1.54) is 0 Å². The second kappa shape index (κ2) is 8.33. The summed E-state index contributed by atoms with van der Waals surface area (Å²) >= 11 is 1.03. The van der Waals surface area contributed by atoms with Gasteiger partial charge in [0.1, 0.15) is 5.75 Å². The number of rotatable bonds is 7. The van der Waals surface area contributed by atoms with E-state index in [1.807, 2.05) is 36.4 Å². The van der Waals surface area contributed by atoms with Crippen LogP contribution in [0.3, 0.4) is 0 Å². The van der Waals surface area contributed by atoms with E-state index < -0.39 is 6.10 Å².